The summed E-state index contributed by atoms with van der Waals surface area (Å²) in [5.41, 5.74) is 2.09. The number of nitrogens with one attached hydrogen (secondary N) is 2. The maximum atomic E-state index is 5.31. The molecular weight excluding hydrogens is 318 g/mol. The number of unbranched alkanes of at least 4 members (excludes halogenated alkanes) is 1. The summed E-state index contributed by atoms with van der Waals surface area (Å²) in [6.07, 6.45) is 7.00. The van der Waals surface area contributed by atoms with Gasteiger partial charge in [-0.05, 0) is 55.7 Å². The molecule has 6 heteroatoms. The standard InChI is InChI=1S/C18H25N5S/c1-2-3-12-19-18(24)20-15-10-8-14(9-11-15)17-22-21-16-7-5-4-6-13-23(16)17/h8-11H,2-7,12-13H2,1H3,(H2,19,20,24). The van der Waals surface area contributed by atoms with Crippen molar-refractivity contribution in [2.75, 3.05) is 11.9 Å². The van der Waals surface area contributed by atoms with Crippen LogP contribution in [0.4, 0.5) is 5.69 Å². The summed E-state index contributed by atoms with van der Waals surface area (Å²) in [5.74, 6) is 2.09. The minimum absolute atomic E-state index is 0.674. The molecule has 0 saturated carbocycles. The number of anilines is 1. The highest BCUT2D eigenvalue weighted by Gasteiger charge is 2.15. The molecule has 0 spiro atoms. The molecule has 3 rings (SSSR count). The predicted octanol–water partition coefficient (Wildman–Crippen LogP) is 3.76. The number of hydrogen-bond donors (Lipinski definition) is 2. The third-order valence-corrected chi connectivity index (χ3v) is 4.57. The van der Waals surface area contributed by atoms with E-state index in [1.807, 2.05) is 12.1 Å². The highest BCUT2D eigenvalue weighted by atomic mass is 32.1. The van der Waals surface area contributed by atoms with Crippen molar-refractivity contribution in [2.45, 2.75) is 52.0 Å². The van der Waals surface area contributed by atoms with Gasteiger partial charge in [0, 0.05) is 30.8 Å². The molecule has 2 N–H and O–H groups in total. The van der Waals surface area contributed by atoms with Crippen LogP contribution in [-0.4, -0.2) is 26.4 Å². The Bertz CT molecular complexity index is 677. The summed E-state index contributed by atoms with van der Waals surface area (Å²) in [6, 6.07) is 8.25. The van der Waals surface area contributed by atoms with E-state index in [1.54, 1.807) is 0 Å². The SMILES string of the molecule is CCCCNC(=S)Nc1ccc(-c2nnc3n2CCCCC3)cc1. The molecule has 5 nitrogen and oxygen atoms in total. The molecule has 0 aliphatic carbocycles. The van der Waals surface area contributed by atoms with Crippen LogP contribution in [0.3, 0.4) is 0 Å². The quantitative estimate of drug-likeness (QED) is 0.639. The van der Waals surface area contributed by atoms with Crippen molar-refractivity contribution in [1.82, 2.24) is 20.1 Å². The van der Waals surface area contributed by atoms with Crippen LogP contribution < -0.4 is 10.6 Å². The number of rotatable bonds is 5. The summed E-state index contributed by atoms with van der Waals surface area (Å²) in [5, 5.41) is 15.9. The monoisotopic (exact) mass is 343 g/mol. The van der Waals surface area contributed by atoms with Crippen LogP contribution in [0, 0.1) is 0 Å². The van der Waals surface area contributed by atoms with Crippen LogP contribution in [0.2, 0.25) is 0 Å². The number of nitrogens with zero attached hydrogens (tertiary/aromatic N) is 3. The fraction of sp³-hybridized carbons (Fsp3) is 0.500. The molecule has 0 radical (unpaired) electrons. The maximum absolute atomic E-state index is 5.31. The minimum atomic E-state index is 0.674. The molecular formula is C18H25N5S. The molecule has 0 bridgehead atoms. The van der Waals surface area contributed by atoms with Crippen LogP contribution in [-0.2, 0) is 13.0 Å². The van der Waals surface area contributed by atoms with Crippen LogP contribution >= 0.6 is 12.2 Å². The fourth-order valence-corrected chi connectivity index (χ4v) is 3.18. The lowest BCUT2D eigenvalue weighted by Crippen LogP contribution is -2.29. The van der Waals surface area contributed by atoms with Gasteiger partial charge in [-0.1, -0.05) is 19.8 Å². The Labute approximate surface area is 148 Å². The van der Waals surface area contributed by atoms with Crippen molar-refractivity contribution in [3.05, 3.63) is 30.1 Å². The number of aromatic nitrogens is 3. The van der Waals surface area contributed by atoms with E-state index < -0.39 is 0 Å². The first-order valence-electron chi connectivity index (χ1n) is 8.85. The molecule has 1 aliphatic heterocycles. The molecule has 0 atom stereocenters. The van der Waals surface area contributed by atoms with Crippen LogP contribution in [0.25, 0.3) is 11.4 Å². The smallest absolute Gasteiger partial charge is 0.170 e. The fourth-order valence-electron chi connectivity index (χ4n) is 2.96. The van der Waals surface area contributed by atoms with E-state index >= 15 is 0 Å². The first-order chi connectivity index (χ1) is 11.8. The molecule has 0 unspecified atom stereocenters. The van der Waals surface area contributed by atoms with Crippen molar-refractivity contribution in [3.63, 3.8) is 0 Å². The Morgan fingerprint density at radius 2 is 2.00 bits per heavy atom. The van der Waals surface area contributed by atoms with Crippen LogP contribution in [0.5, 0.6) is 0 Å². The molecule has 2 heterocycles. The maximum Gasteiger partial charge on any atom is 0.170 e. The topological polar surface area (TPSA) is 54.8 Å². The van der Waals surface area contributed by atoms with Gasteiger partial charge in [0.15, 0.2) is 10.9 Å². The zero-order valence-electron chi connectivity index (χ0n) is 14.2. The van der Waals surface area contributed by atoms with E-state index in [1.165, 1.54) is 19.3 Å². The van der Waals surface area contributed by atoms with Gasteiger partial charge >= 0.3 is 0 Å². The third kappa shape index (κ3) is 4.12. The molecule has 1 aromatic carbocycles. The van der Waals surface area contributed by atoms with E-state index in [4.69, 9.17) is 12.2 Å². The van der Waals surface area contributed by atoms with Crippen molar-refractivity contribution < 1.29 is 0 Å². The molecule has 2 aromatic rings. The van der Waals surface area contributed by atoms with Gasteiger partial charge in [0.05, 0.1) is 0 Å². The number of thiocarbonyl (C=S) groups is 1. The molecule has 0 fully saturated rings. The van der Waals surface area contributed by atoms with Crippen molar-refractivity contribution in [2.24, 2.45) is 0 Å². The second-order valence-electron chi connectivity index (χ2n) is 6.21. The average molecular weight is 344 g/mol. The lowest BCUT2D eigenvalue weighted by Gasteiger charge is -2.11. The predicted molar refractivity (Wildman–Crippen MR) is 102 cm³/mol. The molecule has 128 valence electrons. The first kappa shape index (κ1) is 16.9. The second kappa shape index (κ2) is 8.24. The lowest BCUT2D eigenvalue weighted by molar-refractivity contribution is 0.636. The van der Waals surface area contributed by atoms with Gasteiger partial charge in [-0.15, -0.1) is 10.2 Å². The zero-order chi connectivity index (χ0) is 16.8. The minimum Gasteiger partial charge on any atom is -0.362 e. The Balaban J connectivity index is 1.67. The van der Waals surface area contributed by atoms with Gasteiger partial charge < -0.3 is 15.2 Å². The molecule has 0 amide bonds. The van der Waals surface area contributed by atoms with E-state index in [9.17, 15) is 0 Å². The Morgan fingerprint density at radius 1 is 1.17 bits per heavy atom. The van der Waals surface area contributed by atoms with Gasteiger partial charge in [-0.3, -0.25) is 0 Å². The Kier molecular flexibility index (Phi) is 5.80. The van der Waals surface area contributed by atoms with Gasteiger partial charge in [-0.2, -0.15) is 0 Å². The lowest BCUT2D eigenvalue weighted by atomic mass is 10.2. The van der Waals surface area contributed by atoms with Crippen LogP contribution in [0.1, 0.15) is 44.9 Å². The van der Waals surface area contributed by atoms with Crippen LogP contribution in [0.15, 0.2) is 24.3 Å². The first-order valence-corrected chi connectivity index (χ1v) is 9.26. The van der Waals surface area contributed by atoms with Gasteiger partial charge in [0.1, 0.15) is 5.82 Å². The third-order valence-electron chi connectivity index (χ3n) is 4.33. The van der Waals surface area contributed by atoms with Gasteiger partial charge in [-0.25, -0.2) is 0 Å². The van der Waals surface area contributed by atoms with Crippen molar-refractivity contribution in [3.8, 4) is 11.4 Å². The van der Waals surface area contributed by atoms with E-state index in [-0.39, 0.29) is 0 Å². The molecule has 1 aromatic heterocycles. The number of fused-ring (bicyclic) bond motifs is 1. The number of benzene rings is 1. The number of hydrogen-bond acceptors (Lipinski definition) is 3. The van der Waals surface area contributed by atoms with E-state index in [2.05, 4.69) is 44.5 Å². The normalized spacial score (nSPS) is 13.9. The molecule has 24 heavy (non-hydrogen) atoms. The summed E-state index contributed by atoms with van der Waals surface area (Å²) in [4.78, 5) is 0. The van der Waals surface area contributed by atoms with E-state index in [0.29, 0.717) is 5.11 Å². The highest BCUT2D eigenvalue weighted by Crippen LogP contribution is 2.23. The molecule has 0 saturated heterocycles. The Hall–Kier alpha value is -1.95. The van der Waals surface area contributed by atoms with Crippen molar-refractivity contribution >= 4 is 23.0 Å². The average Bonchev–Trinajstić information content (AvgIpc) is 2.84. The summed E-state index contributed by atoms with van der Waals surface area (Å²) < 4.78 is 2.27. The van der Waals surface area contributed by atoms with Gasteiger partial charge in [0.25, 0.3) is 0 Å². The van der Waals surface area contributed by atoms with Gasteiger partial charge in [0.2, 0.25) is 0 Å². The summed E-state index contributed by atoms with van der Waals surface area (Å²) in [6.45, 7) is 4.09. The summed E-state index contributed by atoms with van der Waals surface area (Å²) >= 11 is 5.31. The molecule has 1 aliphatic rings. The van der Waals surface area contributed by atoms with Crippen molar-refractivity contribution in [1.29, 1.82) is 0 Å². The highest BCUT2D eigenvalue weighted by molar-refractivity contribution is 7.80. The largest absolute Gasteiger partial charge is 0.362 e. The Morgan fingerprint density at radius 3 is 2.79 bits per heavy atom. The summed E-state index contributed by atoms with van der Waals surface area (Å²) in [7, 11) is 0. The zero-order valence-corrected chi connectivity index (χ0v) is 15.0. The van der Waals surface area contributed by atoms with E-state index in [0.717, 1.165) is 55.3 Å². The second-order valence-corrected chi connectivity index (χ2v) is 6.62. The number of aryl methyl sites for hydroxylation is 1.